The lowest BCUT2D eigenvalue weighted by Crippen LogP contribution is -2.30. The number of methoxy groups -OCH3 is 1. The Hall–Kier alpha value is -2.00. The van der Waals surface area contributed by atoms with Gasteiger partial charge in [-0.2, -0.15) is 0 Å². The summed E-state index contributed by atoms with van der Waals surface area (Å²) >= 11 is 0. The first-order valence-corrected chi connectivity index (χ1v) is 13.1. The van der Waals surface area contributed by atoms with Gasteiger partial charge < -0.3 is 9.47 Å². The van der Waals surface area contributed by atoms with Crippen LogP contribution in [0.15, 0.2) is 42.5 Å². The average Bonchev–Trinajstić information content (AvgIpc) is 2.84. The van der Waals surface area contributed by atoms with E-state index in [0.717, 1.165) is 44.0 Å². The number of hydrogen-bond donors (Lipinski definition) is 0. The smallest absolute Gasteiger partial charge is 0.161 e. The molecule has 0 radical (unpaired) electrons. The first-order valence-electron chi connectivity index (χ1n) is 13.1. The maximum Gasteiger partial charge on any atom is 0.161 e. The molecule has 0 heterocycles. The van der Waals surface area contributed by atoms with Gasteiger partial charge in [0.2, 0.25) is 0 Å². The van der Waals surface area contributed by atoms with Crippen molar-refractivity contribution in [2.75, 3.05) is 33.4 Å². The lowest BCUT2D eigenvalue weighted by atomic mass is 9.94. The molecule has 0 saturated carbocycles. The second-order valence-electron chi connectivity index (χ2n) is 9.55. The Morgan fingerprint density at radius 3 is 2.00 bits per heavy atom. The van der Waals surface area contributed by atoms with Crippen molar-refractivity contribution in [2.24, 2.45) is 5.92 Å². The van der Waals surface area contributed by atoms with E-state index in [1.54, 1.807) is 7.11 Å². The third kappa shape index (κ3) is 10.6. The maximum atomic E-state index is 6.13. The third-order valence-corrected chi connectivity index (χ3v) is 6.52. The van der Waals surface area contributed by atoms with Crippen LogP contribution in [0.25, 0.3) is 0 Å². The van der Waals surface area contributed by atoms with Crippen molar-refractivity contribution in [3.8, 4) is 11.5 Å². The molecule has 0 aliphatic carbocycles. The monoisotopic (exact) mass is 453 g/mol. The second kappa shape index (κ2) is 15.8. The summed E-state index contributed by atoms with van der Waals surface area (Å²) in [5, 5.41) is 0. The van der Waals surface area contributed by atoms with E-state index in [9.17, 15) is 0 Å². The van der Waals surface area contributed by atoms with Crippen LogP contribution in [0, 0.1) is 12.8 Å². The van der Waals surface area contributed by atoms with Crippen LogP contribution < -0.4 is 9.47 Å². The highest BCUT2D eigenvalue weighted by molar-refractivity contribution is 5.43. The van der Waals surface area contributed by atoms with E-state index < -0.39 is 0 Å². The molecule has 0 amide bonds. The molecule has 0 unspecified atom stereocenters. The summed E-state index contributed by atoms with van der Waals surface area (Å²) in [6.07, 6.45) is 9.65. The molecular weight excluding hydrogens is 406 g/mol. The van der Waals surface area contributed by atoms with E-state index in [1.165, 1.54) is 55.2 Å². The fourth-order valence-corrected chi connectivity index (χ4v) is 4.10. The van der Waals surface area contributed by atoms with Crippen molar-refractivity contribution < 1.29 is 9.47 Å². The standard InChI is InChI=1S/C30H47NO2/c1-6-8-20-31(21-9-7-2)22-23-33-29-19-18-28(24-30(29)32-5)17-13-26(4)12-16-27-14-10-25(3)11-15-27/h10-11,14-15,18-19,24,26H,6-9,12-13,16-17,20-23H2,1-5H3/t26-/m0/s1. The van der Waals surface area contributed by atoms with Crippen LogP contribution in [0.3, 0.4) is 0 Å². The zero-order valence-corrected chi connectivity index (χ0v) is 21.9. The zero-order chi connectivity index (χ0) is 23.9. The van der Waals surface area contributed by atoms with Crippen molar-refractivity contribution in [3.05, 3.63) is 59.2 Å². The summed E-state index contributed by atoms with van der Waals surface area (Å²) in [4.78, 5) is 2.53. The highest BCUT2D eigenvalue weighted by atomic mass is 16.5. The molecule has 2 aromatic carbocycles. The molecule has 0 bridgehead atoms. The Balaban J connectivity index is 1.79. The quantitative estimate of drug-likeness (QED) is 0.248. The molecule has 0 aromatic heterocycles. The number of hydrogen-bond acceptors (Lipinski definition) is 3. The molecular formula is C30H47NO2. The molecule has 0 fully saturated rings. The van der Waals surface area contributed by atoms with Crippen LogP contribution in [0.2, 0.25) is 0 Å². The van der Waals surface area contributed by atoms with Gasteiger partial charge in [0, 0.05) is 6.54 Å². The molecule has 3 heteroatoms. The van der Waals surface area contributed by atoms with E-state index in [-0.39, 0.29) is 0 Å². The Kier molecular flexibility index (Phi) is 13.0. The van der Waals surface area contributed by atoms with Crippen LogP contribution in [-0.4, -0.2) is 38.3 Å². The van der Waals surface area contributed by atoms with Gasteiger partial charge >= 0.3 is 0 Å². The van der Waals surface area contributed by atoms with Crippen LogP contribution in [-0.2, 0) is 12.8 Å². The van der Waals surface area contributed by atoms with Crippen molar-refractivity contribution in [3.63, 3.8) is 0 Å². The summed E-state index contributed by atoms with van der Waals surface area (Å²) in [6, 6.07) is 15.4. The zero-order valence-electron chi connectivity index (χ0n) is 21.9. The van der Waals surface area contributed by atoms with Crippen LogP contribution in [0.1, 0.15) is 76.0 Å². The average molecular weight is 454 g/mol. The lowest BCUT2D eigenvalue weighted by Gasteiger charge is -2.22. The maximum absolute atomic E-state index is 6.13. The van der Waals surface area contributed by atoms with E-state index in [4.69, 9.17) is 9.47 Å². The van der Waals surface area contributed by atoms with Crippen molar-refractivity contribution in [1.29, 1.82) is 0 Å². The minimum Gasteiger partial charge on any atom is -0.493 e. The summed E-state index contributed by atoms with van der Waals surface area (Å²) in [5.74, 6) is 2.42. The van der Waals surface area contributed by atoms with Gasteiger partial charge in [0.05, 0.1) is 7.11 Å². The fourth-order valence-electron chi connectivity index (χ4n) is 4.10. The van der Waals surface area contributed by atoms with Gasteiger partial charge in [0.25, 0.3) is 0 Å². The predicted molar refractivity (Wildman–Crippen MR) is 142 cm³/mol. The van der Waals surface area contributed by atoms with Crippen LogP contribution in [0.5, 0.6) is 11.5 Å². The van der Waals surface area contributed by atoms with Crippen molar-refractivity contribution in [2.45, 2.75) is 79.1 Å². The normalized spacial score (nSPS) is 12.2. The topological polar surface area (TPSA) is 21.7 Å². The Morgan fingerprint density at radius 2 is 1.39 bits per heavy atom. The number of ether oxygens (including phenoxy) is 2. The van der Waals surface area contributed by atoms with Crippen LogP contribution in [0.4, 0.5) is 0 Å². The van der Waals surface area contributed by atoms with Gasteiger partial charge in [-0.25, -0.2) is 0 Å². The minimum atomic E-state index is 0.699. The minimum absolute atomic E-state index is 0.699. The van der Waals surface area contributed by atoms with E-state index >= 15 is 0 Å². The highest BCUT2D eigenvalue weighted by Gasteiger charge is 2.10. The number of aryl methyl sites for hydroxylation is 3. The summed E-state index contributed by atoms with van der Waals surface area (Å²) in [7, 11) is 1.74. The van der Waals surface area contributed by atoms with Crippen molar-refractivity contribution in [1.82, 2.24) is 4.90 Å². The molecule has 2 rings (SSSR count). The molecule has 3 nitrogen and oxygen atoms in total. The SMILES string of the molecule is CCCCN(CCCC)CCOc1ccc(CC[C@@H](C)CCc2ccc(C)cc2)cc1OC. The molecule has 0 N–H and O–H groups in total. The summed E-state index contributed by atoms with van der Waals surface area (Å²) in [6.45, 7) is 13.0. The van der Waals surface area contributed by atoms with Gasteiger partial charge in [0.1, 0.15) is 6.61 Å². The molecule has 0 aliphatic heterocycles. The first kappa shape index (κ1) is 27.2. The Bertz CT molecular complexity index is 763. The Labute approximate surface area is 203 Å². The molecule has 0 saturated heterocycles. The van der Waals surface area contributed by atoms with E-state index in [1.807, 2.05) is 0 Å². The molecule has 1 atom stereocenters. The van der Waals surface area contributed by atoms with Gasteiger partial charge in [0.15, 0.2) is 11.5 Å². The number of unbranched alkanes of at least 4 members (excludes halogenated alkanes) is 2. The summed E-state index contributed by atoms with van der Waals surface area (Å²) < 4.78 is 11.8. The first-order chi connectivity index (χ1) is 16.0. The van der Waals surface area contributed by atoms with Crippen LogP contribution >= 0.6 is 0 Å². The molecule has 0 aliphatic rings. The van der Waals surface area contributed by atoms with E-state index in [2.05, 4.69) is 75.1 Å². The number of nitrogens with zero attached hydrogens (tertiary/aromatic N) is 1. The lowest BCUT2D eigenvalue weighted by molar-refractivity contribution is 0.200. The third-order valence-electron chi connectivity index (χ3n) is 6.52. The predicted octanol–water partition coefficient (Wildman–Crippen LogP) is 7.49. The highest BCUT2D eigenvalue weighted by Crippen LogP contribution is 2.29. The number of rotatable bonds is 17. The molecule has 0 spiro atoms. The largest absolute Gasteiger partial charge is 0.493 e. The molecule has 33 heavy (non-hydrogen) atoms. The molecule has 2 aromatic rings. The molecule has 184 valence electrons. The van der Waals surface area contributed by atoms with Gasteiger partial charge in [-0.1, -0.05) is 69.5 Å². The number of benzene rings is 2. The van der Waals surface area contributed by atoms with Gasteiger partial charge in [-0.05, 0) is 87.7 Å². The Morgan fingerprint density at radius 1 is 0.788 bits per heavy atom. The fraction of sp³-hybridized carbons (Fsp3) is 0.600. The van der Waals surface area contributed by atoms with Gasteiger partial charge in [-0.3, -0.25) is 4.90 Å². The van der Waals surface area contributed by atoms with Crippen molar-refractivity contribution >= 4 is 0 Å². The van der Waals surface area contributed by atoms with E-state index in [0.29, 0.717) is 12.5 Å². The van der Waals surface area contributed by atoms with Gasteiger partial charge in [-0.15, -0.1) is 0 Å². The summed E-state index contributed by atoms with van der Waals surface area (Å²) in [5.41, 5.74) is 4.10. The second-order valence-corrected chi connectivity index (χ2v) is 9.55.